The highest BCUT2D eigenvalue weighted by Gasteiger charge is 2.80. The molecule has 472 valence electrons. The molecule has 21 heteroatoms. The number of benzene rings is 2. The molecule has 2 aromatic carbocycles. The fourth-order valence-electron chi connectivity index (χ4n) is 16.7. The van der Waals surface area contributed by atoms with E-state index in [2.05, 4.69) is 0 Å². The van der Waals surface area contributed by atoms with Crippen LogP contribution in [-0.4, -0.2) is 153 Å². The summed E-state index contributed by atoms with van der Waals surface area (Å²) in [5.41, 5.74) is -10.8. The maximum Gasteiger partial charge on any atom is 0.338 e. The number of fused-ring (bicyclic) bond motifs is 10. The molecule has 87 heavy (non-hydrogen) atoms. The van der Waals surface area contributed by atoms with Crippen molar-refractivity contribution in [3.8, 4) is 0 Å². The molecule has 2 saturated heterocycles. The first-order valence-corrected chi connectivity index (χ1v) is 29.7. The molecular formula is C66H82O21. The van der Waals surface area contributed by atoms with E-state index in [0.29, 0.717) is 24.0 Å². The Kier molecular flexibility index (Phi) is 16.7. The summed E-state index contributed by atoms with van der Waals surface area (Å²) in [7, 11) is 0. The molecule has 0 unspecified atom stereocenters. The van der Waals surface area contributed by atoms with Crippen molar-refractivity contribution >= 4 is 53.4 Å². The third kappa shape index (κ3) is 9.87. The van der Waals surface area contributed by atoms with E-state index >= 15 is 4.79 Å². The van der Waals surface area contributed by atoms with Crippen LogP contribution in [-0.2, 0) is 76.2 Å². The molecule has 0 spiro atoms. The molecule has 4 bridgehead atoms. The van der Waals surface area contributed by atoms with Crippen LogP contribution in [0, 0.1) is 45.3 Å². The molecule has 18 atom stereocenters. The summed E-state index contributed by atoms with van der Waals surface area (Å²) in [6, 6.07) is 16.5. The number of esters is 7. The van der Waals surface area contributed by atoms with Gasteiger partial charge in [0.05, 0.1) is 42.3 Å². The predicted octanol–water partition coefficient (Wildman–Crippen LogP) is 6.43. The highest BCUT2D eigenvalue weighted by atomic mass is 16.6. The number of ether oxygens (including phenoxy) is 9. The van der Waals surface area contributed by atoms with Gasteiger partial charge in [-0.25, -0.2) is 9.59 Å². The fraction of sp³-hybridized carbons (Fsp3) is 0.621. The van der Waals surface area contributed by atoms with E-state index in [1.807, 2.05) is 13.8 Å². The van der Waals surface area contributed by atoms with E-state index in [4.69, 9.17) is 42.6 Å². The van der Waals surface area contributed by atoms with Crippen LogP contribution in [0.25, 0.3) is 0 Å². The van der Waals surface area contributed by atoms with Crippen molar-refractivity contribution in [3.63, 3.8) is 0 Å². The lowest BCUT2D eigenvalue weighted by atomic mass is 9.43. The van der Waals surface area contributed by atoms with E-state index in [0.717, 1.165) is 0 Å². The lowest BCUT2D eigenvalue weighted by Gasteiger charge is -2.68. The first-order valence-electron chi connectivity index (χ1n) is 29.7. The highest BCUT2D eigenvalue weighted by Crippen LogP contribution is 2.68. The predicted molar refractivity (Wildman–Crippen MR) is 305 cm³/mol. The minimum absolute atomic E-state index is 0.0874. The Hall–Kier alpha value is -6.65. The van der Waals surface area contributed by atoms with Crippen LogP contribution in [0.15, 0.2) is 83.0 Å². The van der Waals surface area contributed by atoms with Crippen LogP contribution in [0.3, 0.4) is 0 Å². The zero-order valence-electron chi connectivity index (χ0n) is 52.1. The van der Waals surface area contributed by atoms with Gasteiger partial charge in [0.2, 0.25) is 0 Å². The lowest BCUT2D eigenvalue weighted by Crippen LogP contribution is -2.80. The summed E-state index contributed by atoms with van der Waals surface area (Å²) in [5, 5.41) is 37.5. The first kappa shape index (κ1) is 64.8. The summed E-state index contributed by atoms with van der Waals surface area (Å²) in [4.78, 5) is 121. The molecule has 6 fully saturated rings. The van der Waals surface area contributed by atoms with Crippen molar-refractivity contribution in [2.75, 3.05) is 13.2 Å². The largest absolute Gasteiger partial charge is 0.458 e. The summed E-state index contributed by atoms with van der Waals surface area (Å²) < 4.78 is 53.9. The van der Waals surface area contributed by atoms with Gasteiger partial charge < -0.3 is 58.0 Å². The maximum atomic E-state index is 15.1. The summed E-state index contributed by atoms with van der Waals surface area (Å²) in [6.45, 7) is 23.1. The Labute approximate surface area is 506 Å². The number of aliphatic hydroxyl groups is 3. The second-order valence-corrected chi connectivity index (χ2v) is 26.9. The molecule has 3 N–H and O–H groups in total. The van der Waals surface area contributed by atoms with E-state index in [9.17, 15) is 53.7 Å². The molecule has 10 rings (SSSR count). The lowest BCUT2D eigenvalue weighted by molar-refractivity contribution is -0.340. The van der Waals surface area contributed by atoms with E-state index in [1.165, 1.54) is 34.6 Å². The minimum Gasteiger partial charge on any atom is -0.458 e. The zero-order chi connectivity index (χ0) is 64.3. The Morgan fingerprint density at radius 1 is 0.506 bits per heavy atom. The second kappa shape index (κ2) is 22.4. The Balaban J connectivity index is 0.000000208. The topological polar surface area (TPSA) is 297 Å². The van der Waals surface area contributed by atoms with Gasteiger partial charge in [-0.3, -0.25) is 33.6 Å². The number of ketones is 2. The van der Waals surface area contributed by atoms with Crippen LogP contribution < -0.4 is 0 Å². The SMILES string of the molecule is CC(=O)O[C@H]1C(=O)[C@@]2(C)[C@H]([C@H](OC(=O)c3ccccc3)[C@]3(O)C[C@H](O)C(C)=C1C3(C)C)[C@]1(OC(C)=O)CO[C@@H]1C[C@@H]2C.CC(=O)O[C@H]1C(=O)[C@@]2(C)[C@H]([C@H](OC(=O)c3ccccc3)[C@]3(O)C[C@H](OC(C)=O)C(C)=C1C3(C)C)[C@]1(OC(C)=O)CO[C@@H]1C[C@@H]2C. The standard InChI is InChI=1S/C34H42O11.C32H40O10/c1-17-14-24-33(16-41-24,45-21(5)37)27-29(44-30(39)22-12-10-9-11-13-22)34(40)15-23(42-19(3)35)18(2)25(31(34,6)7)26(43-20(4)36)28(38)32(17,27)8;1-16-13-22-31(15-39-22,42-19(4)34)25-27(41-28(37)20-11-9-8-10-12-20)32(38)14-21(35)17(2)23(29(32,5)6)24(40-18(3)33)26(36)30(16,25)7/h9-13,17,23-24,26-27,29,40H,14-16H2,1-8H3;8-12,16,21-22,24-25,27,35,38H,13-15H2,1-7H3/t17-,23-,24+,26+,27-,29-,32+,33-,34+;16-,21-,22+,24+,25-,27-,30+,31-,32+/m00/s1. The van der Waals surface area contributed by atoms with Crippen LogP contribution >= 0.6 is 0 Å². The van der Waals surface area contributed by atoms with Gasteiger partial charge in [-0.1, -0.05) is 91.8 Å². The average Bonchev–Trinajstić information content (AvgIpc) is 0.738. The third-order valence-corrected chi connectivity index (χ3v) is 21.6. The number of Topliss-reactive ketones (excluding diaryl/α,β-unsaturated/α-hetero) is 2. The summed E-state index contributed by atoms with van der Waals surface area (Å²) in [6.07, 6.45) is -9.26. The number of rotatable bonds is 9. The molecule has 0 aromatic heterocycles. The van der Waals surface area contributed by atoms with Crippen molar-refractivity contribution in [1.82, 2.24) is 0 Å². The van der Waals surface area contributed by atoms with Crippen LogP contribution in [0.4, 0.5) is 0 Å². The third-order valence-electron chi connectivity index (χ3n) is 21.6. The van der Waals surface area contributed by atoms with Crippen LogP contribution in [0.5, 0.6) is 0 Å². The average molecular weight is 1210 g/mol. The Bertz CT molecular complexity index is 3240. The smallest absolute Gasteiger partial charge is 0.338 e. The van der Waals surface area contributed by atoms with Gasteiger partial charge >= 0.3 is 41.8 Å². The number of hydrogen-bond donors (Lipinski definition) is 3. The van der Waals surface area contributed by atoms with Gasteiger partial charge in [0.25, 0.3) is 0 Å². The van der Waals surface area contributed by atoms with Crippen molar-refractivity contribution in [3.05, 3.63) is 94.1 Å². The van der Waals surface area contributed by atoms with Crippen molar-refractivity contribution in [2.24, 2.45) is 45.3 Å². The minimum atomic E-state index is -2.04. The van der Waals surface area contributed by atoms with E-state index < -0.39 is 170 Å². The molecule has 2 aromatic rings. The van der Waals surface area contributed by atoms with E-state index in [-0.39, 0.29) is 48.3 Å². The van der Waals surface area contributed by atoms with Gasteiger partial charge in [0, 0.05) is 69.1 Å². The van der Waals surface area contributed by atoms with Gasteiger partial charge in [0.15, 0.2) is 35.0 Å². The van der Waals surface area contributed by atoms with Gasteiger partial charge in [-0.2, -0.15) is 0 Å². The van der Waals surface area contributed by atoms with E-state index in [1.54, 1.807) is 116 Å². The molecule has 2 heterocycles. The molecule has 0 radical (unpaired) electrons. The normalized spacial score (nSPS) is 39.3. The number of aliphatic hydroxyl groups excluding tert-OH is 1. The number of carbonyl (C=O) groups is 9. The first-order chi connectivity index (χ1) is 40.4. The van der Waals surface area contributed by atoms with Gasteiger partial charge in [-0.05, 0) is 85.1 Å². The van der Waals surface area contributed by atoms with Gasteiger partial charge in [-0.15, -0.1) is 0 Å². The van der Waals surface area contributed by atoms with Crippen LogP contribution in [0.2, 0.25) is 0 Å². The Morgan fingerprint density at radius 2 is 0.862 bits per heavy atom. The summed E-state index contributed by atoms with van der Waals surface area (Å²) >= 11 is 0. The molecule has 4 saturated carbocycles. The molecule has 21 nitrogen and oxygen atoms in total. The van der Waals surface area contributed by atoms with Crippen LogP contribution in [0.1, 0.15) is 150 Å². The Morgan fingerprint density at radius 3 is 1.20 bits per heavy atom. The quantitative estimate of drug-likeness (QED) is 0.138. The van der Waals surface area contributed by atoms with Crippen molar-refractivity contribution in [2.45, 2.75) is 201 Å². The maximum absolute atomic E-state index is 15.1. The van der Waals surface area contributed by atoms with Crippen molar-refractivity contribution < 1.29 is 101 Å². The fourth-order valence-corrected chi connectivity index (χ4v) is 16.7. The molecule has 2 aliphatic heterocycles. The molecular weight excluding hydrogens is 1130 g/mol. The summed E-state index contributed by atoms with van der Waals surface area (Å²) in [5.74, 6) is -8.97. The zero-order valence-corrected chi connectivity index (χ0v) is 52.1. The monoisotopic (exact) mass is 1210 g/mol. The molecule has 8 aliphatic rings. The number of carbonyl (C=O) groups excluding carboxylic acids is 9. The van der Waals surface area contributed by atoms with Crippen molar-refractivity contribution in [1.29, 1.82) is 0 Å². The molecule has 0 amide bonds. The second-order valence-electron chi connectivity index (χ2n) is 26.9. The van der Waals surface area contributed by atoms with Gasteiger partial charge in [0.1, 0.15) is 41.7 Å². The number of hydrogen-bond acceptors (Lipinski definition) is 21. The highest BCUT2D eigenvalue weighted by molar-refractivity contribution is 5.97. The molecule has 6 aliphatic carbocycles.